The lowest BCUT2D eigenvalue weighted by Crippen LogP contribution is -2.30. The molecule has 0 heterocycles. The predicted molar refractivity (Wildman–Crippen MR) is 103 cm³/mol. The molecule has 0 fully saturated rings. The van der Waals surface area contributed by atoms with E-state index in [1.807, 2.05) is 13.8 Å². The summed E-state index contributed by atoms with van der Waals surface area (Å²) in [7, 11) is 0. The van der Waals surface area contributed by atoms with Gasteiger partial charge in [0.25, 0.3) is 5.91 Å². The monoisotopic (exact) mass is 371 g/mol. The van der Waals surface area contributed by atoms with Crippen LogP contribution in [0.4, 0.5) is 5.69 Å². The molecule has 0 bridgehead atoms. The Morgan fingerprint density at radius 2 is 1.52 bits per heavy atom. The van der Waals surface area contributed by atoms with Crippen molar-refractivity contribution < 1.29 is 23.8 Å². The number of anilines is 1. The molecule has 0 saturated heterocycles. The molecule has 144 valence electrons. The van der Waals surface area contributed by atoms with Gasteiger partial charge in [-0.1, -0.05) is 6.92 Å². The van der Waals surface area contributed by atoms with Crippen LogP contribution in [0.5, 0.6) is 11.5 Å². The van der Waals surface area contributed by atoms with Crippen LogP contribution in [0.15, 0.2) is 48.5 Å². The summed E-state index contributed by atoms with van der Waals surface area (Å²) >= 11 is 0. The number of amides is 1. The highest BCUT2D eigenvalue weighted by Crippen LogP contribution is 2.17. The molecule has 0 aliphatic carbocycles. The number of rotatable bonds is 9. The van der Waals surface area contributed by atoms with E-state index in [4.69, 9.17) is 14.2 Å². The van der Waals surface area contributed by atoms with Crippen molar-refractivity contribution in [3.63, 3.8) is 0 Å². The number of nitrogens with one attached hydrogen (secondary N) is 1. The highest BCUT2D eigenvalue weighted by atomic mass is 16.5. The summed E-state index contributed by atoms with van der Waals surface area (Å²) in [4.78, 5) is 24.4. The molecule has 0 spiro atoms. The van der Waals surface area contributed by atoms with Crippen molar-refractivity contribution in [3.05, 3.63) is 54.1 Å². The molecule has 2 rings (SSSR count). The Morgan fingerprint density at radius 1 is 0.926 bits per heavy atom. The van der Waals surface area contributed by atoms with Crippen LogP contribution in [-0.4, -0.2) is 31.2 Å². The van der Waals surface area contributed by atoms with Crippen LogP contribution in [0.3, 0.4) is 0 Å². The van der Waals surface area contributed by atoms with Crippen molar-refractivity contribution in [1.82, 2.24) is 0 Å². The topological polar surface area (TPSA) is 73.9 Å². The Labute approximate surface area is 159 Å². The number of carbonyl (C=O) groups is 2. The maximum absolute atomic E-state index is 12.2. The maximum Gasteiger partial charge on any atom is 0.338 e. The summed E-state index contributed by atoms with van der Waals surface area (Å²) in [6.45, 7) is 6.64. The smallest absolute Gasteiger partial charge is 0.338 e. The van der Waals surface area contributed by atoms with Crippen molar-refractivity contribution >= 4 is 17.6 Å². The van der Waals surface area contributed by atoms with Crippen LogP contribution in [0.1, 0.15) is 37.6 Å². The van der Waals surface area contributed by atoms with Crippen molar-refractivity contribution in [2.45, 2.75) is 33.3 Å². The quantitative estimate of drug-likeness (QED) is 0.673. The SMILES string of the molecule is CCCOc1ccc(C(=O)O[C@@H](C)C(=O)Nc2ccc(OCC)cc2)cc1. The van der Waals surface area contributed by atoms with Crippen molar-refractivity contribution in [2.75, 3.05) is 18.5 Å². The van der Waals surface area contributed by atoms with Gasteiger partial charge in [0.05, 0.1) is 18.8 Å². The Morgan fingerprint density at radius 3 is 2.11 bits per heavy atom. The first-order valence-corrected chi connectivity index (χ1v) is 9.01. The summed E-state index contributed by atoms with van der Waals surface area (Å²) in [5, 5.41) is 2.71. The standard InChI is InChI=1S/C21H25NO5/c1-4-14-26-19-10-6-16(7-11-19)21(24)27-15(3)20(23)22-17-8-12-18(13-9-17)25-5-2/h6-13,15H,4-5,14H2,1-3H3,(H,22,23)/t15-/m0/s1. The van der Waals surface area contributed by atoms with Gasteiger partial charge in [-0.2, -0.15) is 0 Å². The van der Waals surface area contributed by atoms with E-state index in [9.17, 15) is 9.59 Å². The molecular formula is C21H25NO5. The molecule has 6 nitrogen and oxygen atoms in total. The molecular weight excluding hydrogens is 346 g/mol. The molecule has 0 radical (unpaired) electrons. The molecule has 0 aliphatic heterocycles. The zero-order valence-corrected chi connectivity index (χ0v) is 15.9. The van der Waals surface area contributed by atoms with E-state index >= 15 is 0 Å². The number of ether oxygens (including phenoxy) is 3. The highest BCUT2D eigenvalue weighted by molar-refractivity contribution is 5.97. The molecule has 1 amide bonds. The van der Waals surface area contributed by atoms with Crippen LogP contribution in [0.25, 0.3) is 0 Å². The number of hydrogen-bond acceptors (Lipinski definition) is 5. The van der Waals surface area contributed by atoms with Gasteiger partial charge in [-0.3, -0.25) is 4.79 Å². The molecule has 1 atom stereocenters. The van der Waals surface area contributed by atoms with Crippen molar-refractivity contribution in [2.24, 2.45) is 0 Å². The van der Waals surface area contributed by atoms with E-state index < -0.39 is 18.0 Å². The fourth-order valence-electron chi connectivity index (χ4n) is 2.23. The summed E-state index contributed by atoms with van der Waals surface area (Å²) in [6.07, 6.45) is -0.0230. The molecule has 6 heteroatoms. The van der Waals surface area contributed by atoms with Gasteiger partial charge >= 0.3 is 5.97 Å². The Balaban J connectivity index is 1.88. The summed E-state index contributed by atoms with van der Waals surface area (Å²) in [6, 6.07) is 13.6. The highest BCUT2D eigenvalue weighted by Gasteiger charge is 2.19. The van der Waals surface area contributed by atoms with Gasteiger partial charge in [0.15, 0.2) is 6.10 Å². The van der Waals surface area contributed by atoms with Crippen LogP contribution in [-0.2, 0) is 9.53 Å². The van der Waals surface area contributed by atoms with Gasteiger partial charge in [0, 0.05) is 5.69 Å². The molecule has 0 aliphatic rings. The lowest BCUT2D eigenvalue weighted by Gasteiger charge is -2.14. The third-order valence-electron chi connectivity index (χ3n) is 3.65. The van der Waals surface area contributed by atoms with Crippen LogP contribution < -0.4 is 14.8 Å². The van der Waals surface area contributed by atoms with Crippen molar-refractivity contribution in [1.29, 1.82) is 0 Å². The first-order valence-electron chi connectivity index (χ1n) is 9.01. The first kappa shape index (κ1) is 20.3. The Kier molecular flexibility index (Phi) is 7.67. The van der Waals surface area contributed by atoms with Gasteiger partial charge in [0.1, 0.15) is 11.5 Å². The second kappa shape index (κ2) is 10.2. The molecule has 27 heavy (non-hydrogen) atoms. The second-order valence-corrected chi connectivity index (χ2v) is 5.87. The molecule has 2 aromatic rings. The first-order chi connectivity index (χ1) is 13.0. The van der Waals surface area contributed by atoms with Gasteiger partial charge < -0.3 is 19.5 Å². The third-order valence-corrected chi connectivity index (χ3v) is 3.65. The average Bonchev–Trinajstić information content (AvgIpc) is 2.68. The van der Waals surface area contributed by atoms with E-state index in [2.05, 4.69) is 5.32 Å². The van der Waals surface area contributed by atoms with Crippen LogP contribution in [0.2, 0.25) is 0 Å². The number of hydrogen-bond donors (Lipinski definition) is 1. The summed E-state index contributed by atoms with van der Waals surface area (Å²) in [5.41, 5.74) is 0.961. The Bertz CT molecular complexity index is 740. The largest absolute Gasteiger partial charge is 0.494 e. The second-order valence-electron chi connectivity index (χ2n) is 5.87. The lowest BCUT2D eigenvalue weighted by molar-refractivity contribution is -0.123. The minimum atomic E-state index is -0.930. The minimum absolute atomic E-state index is 0.361. The van der Waals surface area contributed by atoms with E-state index in [0.29, 0.717) is 30.2 Å². The minimum Gasteiger partial charge on any atom is -0.494 e. The predicted octanol–water partition coefficient (Wildman–Crippen LogP) is 4.06. The van der Waals surface area contributed by atoms with E-state index in [0.717, 1.165) is 12.2 Å². The fraction of sp³-hybridized carbons (Fsp3) is 0.333. The number of benzene rings is 2. The van der Waals surface area contributed by atoms with Gasteiger partial charge in [0.2, 0.25) is 0 Å². The van der Waals surface area contributed by atoms with E-state index in [-0.39, 0.29) is 0 Å². The van der Waals surface area contributed by atoms with Gasteiger partial charge in [-0.05, 0) is 68.8 Å². The van der Waals surface area contributed by atoms with E-state index in [1.54, 1.807) is 48.5 Å². The Hall–Kier alpha value is -3.02. The molecule has 0 unspecified atom stereocenters. The lowest BCUT2D eigenvalue weighted by atomic mass is 10.2. The number of carbonyl (C=O) groups excluding carboxylic acids is 2. The van der Waals surface area contributed by atoms with Crippen LogP contribution >= 0.6 is 0 Å². The zero-order valence-electron chi connectivity index (χ0n) is 15.9. The van der Waals surface area contributed by atoms with Crippen LogP contribution in [0, 0.1) is 0 Å². The number of esters is 1. The molecule has 0 aromatic heterocycles. The molecule has 2 aromatic carbocycles. The maximum atomic E-state index is 12.2. The van der Waals surface area contributed by atoms with Gasteiger partial charge in [-0.25, -0.2) is 4.79 Å². The van der Waals surface area contributed by atoms with Crippen molar-refractivity contribution in [3.8, 4) is 11.5 Å². The summed E-state index contributed by atoms with van der Waals surface area (Å²) < 4.78 is 16.1. The fourth-order valence-corrected chi connectivity index (χ4v) is 2.23. The zero-order chi connectivity index (χ0) is 19.6. The normalized spacial score (nSPS) is 11.4. The average molecular weight is 371 g/mol. The third kappa shape index (κ3) is 6.33. The summed E-state index contributed by atoms with van der Waals surface area (Å²) in [5.74, 6) is 0.442. The molecule has 0 saturated carbocycles. The molecule has 1 N–H and O–H groups in total. The van der Waals surface area contributed by atoms with E-state index in [1.165, 1.54) is 6.92 Å². The van der Waals surface area contributed by atoms with Gasteiger partial charge in [-0.15, -0.1) is 0 Å².